The Hall–Kier alpha value is -1.62. The standard InChI is InChI=1S/C12H15N3O2/c1-16-10-3-2-9-12(14-10)15-11(13-9)8-4-6-17-7-5-8/h2-3,8H,4-7H2,1H3,(H,13,14,15). The van der Waals surface area contributed by atoms with Crippen LogP contribution < -0.4 is 4.74 Å². The molecule has 17 heavy (non-hydrogen) atoms. The minimum absolute atomic E-state index is 0.462. The molecule has 1 fully saturated rings. The van der Waals surface area contributed by atoms with Gasteiger partial charge in [-0.05, 0) is 18.9 Å². The number of H-pyrrole nitrogens is 1. The summed E-state index contributed by atoms with van der Waals surface area (Å²) >= 11 is 0. The lowest BCUT2D eigenvalue weighted by molar-refractivity contribution is 0.0838. The summed E-state index contributed by atoms with van der Waals surface area (Å²) < 4.78 is 10.4. The Labute approximate surface area is 99.2 Å². The molecule has 0 atom stereocenters. The van der Waals surface area contributed by atoms with Gasteiger partial charge in [0.05, 0.1) is 12.6 Å². The van der Waals surface area contributed by atoms with Crippen LogP contribution in [0.5, 0.6) is 5.88 Å². The minimum Gasteiger partial charge on any atom is -0.481 e. The summed E-state index contributed by atoms with van der Waals surface area (Å²) in [5.74, 6) is 2.08. The molecule has 0 aromatic carbocycles. The van der Waals surface area contributed by atoms with Crippen molar-refractivity contribution in [1.82, 2.24) is 15.0 Å². The molecule has 5 heteroatoms. The van der Waals surface area contributed by atoms with Gasteiger partial charge in [0.1, 0.15) is 5.82 Å². The van der Waals surface area contributed by atoms with E-state index < -0.39 is 0 Å². The SMILES string of the molecule is COc1ccc2[nH]c(C3CCOCC3)nc2n1. The molecule has 0 spiro atoms. The van der Waals surface area contributed by atoms with E-state index in [2.05, 4.69) is 15.0 Å². The third kappa shape index (κ3) is 1.98. The molecule has 2 aromatic rings. The Morgan fingerprint density at radius 2 is 2.12 bits per heavy atom. The molecule has 0 radical (unpaired) electrons. The highest BCUT2D eigenvalue weighted by Gasteiger charge is 2.19. The van der Waals surface area contributed by atoms with Crippen LogP contribution in [-0.4, -0.2) is 35.3 Å². The van der Waals surface area contributed by atoms with Crippen molar-refractivity contribution in [3.05, 3.63) is 18.0 Å². The molecular weight excluding hydrogens is 218 g/mol. The van der Waals surface area contributed by atoms with Crippen molar-refractivity contribution in [2.75, 3.05) is 20.3 Å². The lowest BCUT2D eigenvalue weighted by Crippen LogP contribution is -2.15. The molecule has 1 N–H and O–H groups in total. The molecule has 1 aliphatic heterocycles. The second-order valence-electron chi connectivity index (χ2n) is 4.23. The van der Waals surface area contributed by atoms with E-state index >= 15 is 0 Å². The lowest BCUT2D eigenvalue weighted by Gasteiger charge is -2.19. The Morgan fingerprint density at radius 3 is 2.88 bits per heavy atom. The monoisotopic (exact) mass is 233 g/mol. The quantitative estimate of drug-likeness (QED) is 0.860. The normalized spacial score (nSPS) is 17.5. The Morgan fingerprint density at radius 1 is 1.29 bits per heavy atom. The third-order valence-corrected chi connectivity index (χ3v) is 3.16. The zero-order chi connectivity index (χ0) is 11.7. The van der Waals surface area contributed by atoms with Crippen molar-refractivity contribution >= 4 is 11.2 Å². The number of imidazole rings is 1. The predicted octanol–water partition coefficient (Wildman–Crippen LogP) is 1.86. The predicted molar refractivity (Wildman–Crippen MR) is 63.2 cm³/mol. The van der Waals surface area contributed by atoms with E-state index in [0.717, 1.165) is 43.0 Å². The lowest BCUT2D eigenvalue weighted by atomic mass is 10.00. The average Bonchev–Trinajstić information content (AvgIpc) is 2.82. The van der Waals surface area contributed by atoms with E-state index in [1.165, 1.54) is 0 Å². The van der Waals surface area contributed by atoms with Gasteiger partial charge < -0.3 is 14.5 Å². The first-order chi connectivity index (χ1) is 8.36. The van der Waals surface area contributed by atoms with Crippen LogP contribution >= 0.6 is 0 Å². The van der Waals surface area contributed by atoms with Crippen LogP contribution in [0.15, 0.2) is 12.1 Å². The maximum absolute atomic E-state index is 5.35. The second kappa shape index (κ2) is 4.33. The number of hydrogen-bond donors (Lipinski definition) is 1. The van der Waals surface area contributed by atoms with E-state index in [9.17, 15) is 0 Å². The van der Waals surface area contributed by atoms with Gasteiger partial charge in [0, 0.05) is 25.2 Å². The first kappa shape index (κ1) is 10.5. The molecule has 0 aliphatic carbocycles. The van der Waals surface area contributed by atoms with Gasteiger partial charge in [-0.25, -0.2) is 4.98 Å². The number of rotatable bonds is 2. The van der Waals surface area contributed by atoms with Crippen molar-refractivity contribution in [2.24, 2.45) is 0 Å². The summed E-state index contributed by atoms with van der Waals surface area (Å²) in [6.45, 7) is 1.64. The largest absolute Gasteiger partial charge is 0.481 e. The smallest absolute Gasteiger partial charge is 0.215 e. The molecule has 2 aromatic heterocycles. The van der Waals surface area contributed by atoms with Crippen LogP contribution in [0.2, 0.25) is 0 Å². The number of ether oxygens (including phenoxy) is 2. The number of hydrogen-bond acceptors (Lipinski definition) is 4. The molecule has 1 saturated heterocycles. The maximum Gasteiger partial charge on any atom is 0.215 e. The van der Waals surface area contributed by atoms with Crippen LogP contribution in [0, 0.1) is 0 Å². The van der Waals surface area contributed by atoms with Crippen molar-refractivity contribution in [1.29, 1.82) is 0 Å². The first-order valence-electron chi connectivity index (χ1n) is 5.85. The molecule has 0 unspecified atom stereocenters. The van der Waals surface area contributed by atoms with E-state index in [1.54, 1.807) is 7.11 Å². The topological polar surface area (TPSA) is 60.0 Å². The number of methoxy groups -OCH3 is 1. The molecule has 0 saturated carbocycles. The van der Waals surface area contributed by atoms with Gasteiger partial charge in [0.2, 0.25) is 5.88 Å². The molecule has 0 bridgehead atoms. The molecule has 5 nitrogen and oxygen atoms in total. The number of aromatic amines is 1. The van der Waals surface area contributed by atoms with Gasteiger partial charge in [-0.1, -0.05) is 0 Å². The van der Waals surface area contributed by atoms with Crippen LogP contribution in [0.25, 0.3) is 11.2 Å². The summed E-state index contributed by atoms with van der Waals surface area (Å²) in [7, 11) is 1.61. The maximum atomic E-state index is 5.35. The van der Waals surface area contributed by atoms with E-state index in [4.69, 9.17) is 9.47 Å². The van der Waals surface area contributed by atoms with Crippen molar-refractivity contribution in [3.63, 3.8) is 0 Å². The fourth-order valence-electron chi connectivity index (χ4n) is 2.17. The van der Waals surface area contributed by atoms with Gasteiger partial charge in [-0.3, -0.25) is 0 Å². The molecule has 3 rings (SSSR count). The van der Waals surface area contributed by atoms with Crippen molar-refractivity contribution in [3.8, 4) is 5.88 Å². The highest BCUT2D eigenvalue weighted by atomic mass is 16.5. The fourth-order valence-corrected chi connectivity index (χ4v) is 2.17. The minimum atomic E-state index is 0.462. The van der Waals surface area contributed by atoms with Gasteiger partial charge >= 0.3 is 0 Å². The molecular formula is C12H15N3O2. The Bertz CT molecular complexity index is 517. The fraction of sp³-hybridized carbons (Fsp3) is 0.500. The van der Waals surface area contributed by atoms with Crippen LogP contribution in [0.3, 0.4) is 0 Å². The Kier molecular flexibility index (Phi) is 2.68. The van der Waals surface area contributed by atoms with Crippen LogP contribution in [0.1, 0.15) is 24.6 Å². The van der Waals surface area contributed by atoms with Crippen LogP contribution in [0.4, 0.5) is 0 Å². The van der Waals surface area contributed by atoms with Gasteiger partial charge in [0.15, 0.2) is 5.65 Å². The number of aromatic nitrogens is 3. The van der Waals surface area contributed by atoms with Gasteiger partial charge in [-0.2, -0.15) is 4.98 Å². The highest BCUT2D eigenvalue weighted by Crippen LogP contribution is 2.26. The van der Waals surface area contributed by atoms with Gasteiger partial charge in [-0.15, -0.1) is 0 Å². The van der Waals surface area contributed by atoms with E-state index in [-0.39, 0.29) is 0 Å². The van der Waals surface area contributed by atoms with Crippen molar-refractivity contribution in [2.45, 2.75) is 18.8 Å². The molecule has 3 heterocycles. The van der Waals surface area contributed by atoms with Gasteiger partial charge in [0.25, 0.3) is 0 Å². The average molecular weight is 233 g/mol. The van der Waals surface area contributed by atoms with Crippen LogP contribution in [-0.2, 0) is 4.74 Å². The van der Waals surface area contributed by atoms with Crippen molar-refractivity contribution < 1.29 is 9.47 Å². The summed E-state index contributed by atoms with van der Waals surface area (Å²) in [6.07, 6.45) is 2.05. The second-order valence-corrected chi connectivity index (χ2v) is 4.23. The summed E-state index contributed by atoms with van der Waals surface area (Å²) in [4.78, 5) is 12.2. The molecule has 0 amide bonds. The Balaban J connectivity index is 1.95. The zero-order valence-corrected chi connectivity index (χ0v) is 9.77. The number of fused-ring (bicyclic) bond motifs is 1. The number of nitrogens with one attached hydrogen (secondary N) is 1. The highest BCUT2D eigenvalue weighted by molar-refractivity contribution is 5.71. The summed E-state index contributed by atoms with van der Waals surface area (Å²) in [5, 5.41) is 0. The third-order valence-electron chi connectivity index (χ3n) is 3.16. The number of nitrogens with zero attached hydrogens (tertiary/aromatic N) is 2. The molecule has 1 aliphatic rings. The first-order valence-corrected chi connectivity index (χ1v) is 5.85. The summed E-state index contributed by atoms with van der Waals surface area (Å²) in [5.41, 5.74) is 1.69. The summed E-state index contributed by atoms with van der Waals surface area (Å²) in [6, 6.07) is 3.80. The zero-order valence-electron chi connectivity index (χ0n) is 9.77. The number of pyridine rings is 1. The molecule has 90 valence electrons. The van der Waals surface area contributed by atoms with E-state index in [0.29, 0.717) is 11.8 Å². The van der Waals surface area contributed by atoms with E-state index in [1.807, 2.05) is 12.1 Å².